The minimum atomic E-state index is -1.08. The molecule has 0 radical (unpaired) electrons. The molecule has 0 saturated heterocycles. The molecule has 0 aliphatic carbocycles. The number of methoxy groups -OCH3 is 1. The van der Waals surface area contributed by atoms with E-state index < -0.39 is 29.9 Å². The van der Waals surface area contributed by atoms with Crippen LogP contribution >= 0.6 is 28.4 Å². The third-order valence-corrected chi connectivity index (χ3v) is 3.11. The molecular weight excluding hydrogens is 327 g/mol. The molecule has 5 unspecified atom stereocenters. The first-order chi connectivity index (χ1) is 9.51. The van der Waals surface area contributed by atoms with E-state index in [2.05, 4.69) is 18.9 Å². The van der Waals surface area contributed by atoms with Gasteiger partial charge in [-0.3, -0.25) is 14.4 Å². The Kier molecular flexibility index (Phi) is 11.1. The van der Waals surface area contributed by atoms with Gasteiger partial charge in [-0.15, -0.1) is 0 Å². The van der Waals surface area contributed by atoms with Crippen LogP contribution in [0.2, 0.25) is 0 Å². The Morgan fingerprint density at radius 3 is 2.10 bits per heavy atom. The summed E-state index contributed by atoms with van der Waals surface area (Å²) in [5.41, 5.74) is 0. The highest BCUT2D eigenvalue weighted by molar-refractivity contribution is 7.11. The second-order valence-corrected chi connectivity index (χ2v) is 4.31. The Hall–Kier alpha value is -0.380. The van der Waals surface area contributed by atoms with Crippen molar-refractivity contribution in [2.75, 3.05) is 20.3 Å². The van der Waals surface area contributed by atoms with Crippen LogP contribution in [0.1, 0.15) is 6.42 Å². The molecule has 0 bridgehead atoms. The van der Waals surface area contributed by atoms with Gasteiger partial charge in [0.2, 0.25) is 0 Å². The SMILES string of the molecule is COCCNC(C(=O)OP)C(CC(=O)OP)C(=O)OP. The maximum Gasteiger partial charge on any atom is 0.326 e. The summed E-state index contributed by atoms with van der Waals surface area (Å²) in [6, 6.07) is -1.06. The van der Waals surface area contributed by atoms with Crippen molar-refractivity contribution in [3.8, 4) is 0 Å². The summed E-state index contributed by atoms with van der Waals surface area (Å²) in [5.74, 6) is -3.23. The molecule has 5 atom stereocenters. The summed E-state index contributed by atoms with van der Waals surface area (Å²) in [6.45, 7) is 0.606. The molecule has 11 heteroatoms. The van der Waals surface area contributed by atoms with Crippen LogP contribution in [0, 0.1) is 5.92 Å². The zero-order valence-electron chi connectivity index (χ0n) is 10.9. The normalized spacial score (nSPS) is 13.2. The van der Waals surface area contributed by atoms with Crippen molar-refractivity contribution in [3.63, 3.8) is 0 Å². The predicted octanol–water partition coefficient (Wildman–Crippen LogP) is -0.403. The number of hydrogen-bond donors (Lipinski definition) is 1. The fourth-order valence-corrected chi connectivity index (χ4v) is 1.85. The molecule has 0 amide bonds. The largest absolute Gasteiger partial charge is 0.451 e. The summed E-state index contributed by atoms with van der Waals surface area (Å²) in [7, 11) is 6.83. The lowest BCUT2D eigenvalue weighted by molar-refractivity contribution is -0.150. The Balaban J connectivity index is 5.00. The average Bonchev–Trinajstić information content (AvgIpc) is 2.47. The van der Waals surface area contributed by atoms with Gasteiger partial charge in [-0.05, 0) is 0 Å². The molecule has 8 nitrogen and oxygen atoms in total. The maximum atomic E-state index is 11.7. The molecule has 0 spiro atoms. The van der Waals surface area contributed by atoms with Crippen molar-refractivity contribution in [2.24, 2.45) is 5.92 Å². The van der Waals surface area contributed by atoms with Gasteiger partial charge in [-0.2, -0.15) is 0 Å². The van der Waals surface area contributed by atoms with E-state index in [1.54, 1.807) is 28.4 Å². The smallest absolute Gasteiger partial charge is 0.326 e. The van der Waals surface area contributed by atoms with E-state index in [0.717, 1.165) is 0 Å². The van der Waals surface area contributed by atoms with Gasteiger partial charge in [-0.1, -0.05) is 0 Å². The highest BCUT2D eigenvalue weighted by atomic mass is 31.0. The standard InChI is InChI=1S/C9H18NO7P3/c1-14-3-2-10-7(9(13)17-20)5(8(12)16-19)4-6(11)15-18/h5,7,10H,2-4,18-20H2,1H3. The molecule has 0 aromatic carbocycles. The molecular formula is C9H18NO7P3. The van der Waals surface area contributed by atoms with Gasteiger partial charge in [0.05, 0.1) is 47.3 Å². The Morgan fingerprint density at radius 2 is 1.65 bits per heavy atom. The molecule has 0 rings (SSSR count). The summed E-state index contributed by atoms with van der Waals surface area (Å²) < 4.78 is 18.3. The third kappa shape index (κ3) is 6.87. The molecule has 0 aromatic rings. The minimum Gasteiger partial charge on any atom is -0.451 e. The van der Waals surface area contributed by atoms with Crippen LogP contribution < -0.4 is 5.32 Å². The third-order valence-electron chi connectivity index (χ3n) is 2.38. The summed E-state index contributed by atoms with van der Waals surface area (Å²) in [5, 5.41) is 2.78. The van der Waals surface area contributed by atoms with Gasteiger partial charge in [0.15, 0.2) is 0 Å². The minimum absolute atomic E-state index is 0.289. The van der Waals surface area contributed by atoms with E-state index >= 15 is 0 Å². The first-order valence-electron chi connectivity index (χ1n) is 5.44. The van der Waals surface area contributed by atoms with Crippen molar-refractivity contribution in [1.82, 2.24) is 5.32 Å². The lowest BCUT2D eigenvalue weighted by atomic mass is 9.96. The fourth-order valence-electron chi connectivity index (χ4n) is 1.43. The molecule has 0 aliphatic heterocycles. The zero-order valence-corrected chi connectivity index (χ0v) is 14.3. The van der Waals surface area contributed by atoms with Crippen molar-refractivity contribution in [3.05, 3.63) is 0 Å². The molecule has 116 valence electrons. The maximum absolute atomic E-state index is 11.7. The van der Waals surface area contributed by atoms with Gasteiger partial charge in [-0.25, -0.2) is 0 Å². The molecule has 1 N–H and O–H groups in total. The lowest BCUT2D eigenvalue weighted by Gasteiger charge is -2.23. The Morgan fingerprint density at radius 1 is 1.05 bits per heavy atom. The number of carbonyl (C=O) groups is 3. The van der Waals surface area contributed by atoms with Crippen molar-refractivity contribution < 1.29 is 32.7 Å². The van der Waals surface area contributed by atoms with Gasteiger partial charge in [0.25, 0.3) is 0 Å². The van der Waals surface area contributed by atoms with Crippen molar-refractivity contribution in [2.45, 2.75) is 12.5 Å². The van der Waals surface area contributed by atoms with E-state index in [0.29, 0.717) is 6.61 Å². The van der Waals surface area contributed by atoms with Crippen molar-refractivity contribution >= 4 is 46.3 Å². The Bertz CT molecular complexity index is 342. The van der Waals surface area contributed by atoms with Gasteiger partial charge >= 0.3 is 17.9 Å². The number of nitrogens with one attached hydrogen (secondary N) is 1. The Labute approximate surface area is 123 Å². The molecule has 20 heavy (non-hydrogen) atoms. The topological polar surface area (TPSA) is 100 Å². The van der Waals surface area contributed by atoms with Crippen LogP contribution in [0.15, 0.2) is 0 Å². The van der Waals surface area contributed by atoms with E-state index in [9.17, 15) is 14.4 Å². The number of ether oxygens (including phenoxy) is 1. The number of rotatable bonds is 9. The first kappa shape index (κ1) is 19.6. The predicted molar refractivity (Wildman–Crippen MR) is 79.2 cm³/mol. The van der Waals surface area contributed by atoms with Crippen LogP contribution in [-0.4, -0.2) is 44.2 Å². The lowest BCUT2D eigenvalue weighted by Crippen LogP contribution is -2.48. The highest BCUT2D eigenvalue weighted by Crippen LogP contribution is 2.17. The van der Waals surface area contributed by atoms with Gasteiger partial charge in [0.1, 0.15) is 6.04 Å². The number of hydrogen-bond acceptors (Lipinski definition) is 8. The van der Waals surface area contributed by atoms with E-state index in [1.165, 1.54) is 7.11 Å². The monoisotopic (exact) mass is 345 g/mol. The van der Waals surface area contributed by atoms with Crippen LogP contribution in [-0.2, 0) is 32.7 Å². The summed E-state index contributed by atoms with van der Waals surface area (Å²) >= 11 is 0. The first-order valence-corrected chi connectivity index (χ1v) is 6.86. The van der Waals surface area contributed by atoms with Gasteiger partial charge in [0, 0.05) is 13.7 Å². The summed E-state index contributed by atoms with van der Waals surface area (Å²) in [6.07, 6.45) is -0.332. The molecule has 0 heterocycles. The van der Waals surface area contributed by atoms with E-state index in [4.69, 9.17) is 4.74 Å². The van der Waals surface area contributed by atoms with Crippen LogP contribution in [0.5, 0.6) is 0 Å². The summed E-state index contributed by atoms with van der Waals surface area (Å²) in [4.78, 5) is 34.8. The van der Waals surface area contributed by atoms with Gasteiger partial charge < -0.3 is 23.6 Å². The van der Waals surface area contributed by atoms with E-state index in [-0.39, 0.29) is 13.0 Å². The quantitative estimate of drug-likeness (QED) is 0.445. The second kappa shape index (κ2) is 11.3. The van der Waals surface area contributed by atoms with Crippen LogP contribution in [0.25, 0.3) is 0 Å². The second-order valence-electron chi connectivity index (χ2n) is 3.60. The fraction of sp³-hybridized carbons (Fsp3) is 0.667. The molecule has 0 saturated carbocycles. The van der Waals surface area contributed by atoms with E-state index in [1.807, 2.05) is 0 Å². The molecule has 0 fully saturated rings. The average molecular weight is 345 g/mol. The highest BCUT2D eigenvalue weighted by Gasteiger charge is 2.37. The van der Waals surface area contributed by atoms with Crippen LogP contribution in [0.3, 0.4) is 0 Å². The molecule has 0 aromatic heterocycles. The zero-order chi connectivity index (χ0) is 15.5. The van der Waals surface area contributed by atoms with Crippen molar-refractivity contribution in [1.29, 1.82) is 0 Å². The molecule has 0 aliphatic rings. The number of carbonyl (C=O) groups excluding carboxylic acids is 3. The van der Waals surface area contributed by atoms with Crippen LogP contribution in [0.4, 0.5) is 0 Å².